The van der Waals surface area contributed by atoms with Crippen LogP contribution < -0.4 is 14.4 Å². The Morgan fingerprint density at radius 2 is 1.84 bits per heavy atom. The van der Waals surface area contributed by atoms with E-state index in [2.05, 4.69) is 5.32 Å². The minimum atomic E-state index is -3.63. The third-order valence-electron chi connectivity index (χ3n) is 6.08. The molecule has 8 nitrogen and oxygen atoms in total. The molecule has 0 aromatic heterocycles. The molecule has 0 spiro atoms. The van der Waals surface area contributed by atoms with Crippen molar-refractivity contribution in [3.63, 3.8) is 0 Å². The molecule has 2 aromatic rings. The molecule has 0 heterocycles. The number of halogens is 1. The highest BCUT2D eigenvalue weighted by Gasteiger charge is 2.29. The molecule has 2 amide bonds. The number of carbonyl (C=O) groups is 2. The topological polar surface area (TPSA) is 96.0 Å². The molecule has 10 heteroatoms. The van der Waals surface area contributed by atoms with Crippen LogP contribution in [0, 0.1) is 12.8 Å². The number of hydrogen-bond acceptors (Lipinski definition) is 5. The van der Waals surface area contributed by atoms with Crippen LogP contribution in [0.2, 0.25) is 5.02 Å². The van der Waals surface area contributed by atoms with E-state index in [1.165, 1.54) is 17.5 Å². The Labute approximate surface area is 232 Å². The number of ether oxygens (including phenoxy) is 1. The van der Waals surface area contributed by atoms with Crippen LogP contribution in [0.15, 0.2) is 42.5 Å². The highest BCUT2D eigenvalue weighted by atomic mass is 35.5. The van der Waals surface area contributed by atoms with E-state index < -0.39 is 16.1 Å². The second kappa shape index (κ2) is 14.4. The fourth-order valence-corrected chi connectivity index (χ4v) is 5.37. The Morgan fingerprint density at radius 3 is 2.39 bits per heavy atom. The SMILES string of the molecule is CCC(C(=O)NCC(C)C)N(Cc1cccc(C)c1)C(=O)CCCN(c1ccc(OC)c(Cl)c1)S(C)(=O)=O. The molecule has 0 aliphatic rings. The van der Waals surface area contributed by atoms with Crippen LogP contribution in [-0.2, 0) is 26.2 Å². The van der Waals surface area contributed by atoms with Gasteiger partial charge in [-0.1, -0.05) is 62.2 Å². The van der Waals surface area contributed by atoms with Crippen molar-refractivity contribution in [1.29, 1.82) is 0 Å². The number of nitrogens with zero attached hydrogens (tertiary/aromatic N) is 2. The molecule has 0 saturated carbocycles. The molecule has 1 unspecified atom stereocenters. The number of sulfonamides is 1. The second-order valence-electron chi connectivity index (χ2n) is 9.83. The van der Waals surface area contributed by atoms with E-state index in [1.807, 2.05) is 52.0 Å². The Kier molecular flexibility index (Phi) is 11.9. The van der Waals surface area contributed by atoms with Crippen molar-refractivity contribution in [2.45, 2.75) is 59.5 Å². The average molecular weight is 566 g/mol. The maximum atomic E-state index is 13.5. The van der Waals surface area contributed by atoms with Crippen molar-refractivity contribution in [1.82, 2.24) is 10.2 Å². The van der Waals surface area contributed by atoms with Crippen molar-refractivity contribution in [2.75, 3.05) is 30.8 Å². The van der Waals surface area contributed by atoms with Gasteiger partial charge >= 0.3 is 0 Å². The predicted octanol–water partition coefficient (Wildman–Crippen LogP) is 4.78. The first-order valence-corrected chi connectivity index (χ1v) is 15.0. The van der Waals surface area contributed by atoms with Gasteiger partial charge in [-0.3, -0.25) is 13.9 Å². The third-order valence-corrected chi connectivity index (χ3v) is 7.57. The summed E-state index contributed by atoms with van der Waals surface area (Å²) in [6.07, 6.45) is 1.92. The first-order chi connectivity index (χ1) is 17.9. The van der Waals surface area contributed by atoms with Crippen molar-refractivity contribution < 1.29 is 22.7 Å². The predicted molar refractivity (Wildman–Crippen MR) is 153 cm³/mol. The van der Waals surface area contributed by atoms with Crippen LogP contribution in [0.5, 0.6) is 5.75 Å². The van der Waals surface area contributed by atoms with Crippen molar-refractivity contribution in [2.24, 2.45) is 5.92 Å². The monoisotopic (exact) mass is 565 g/mol. The molecule has 2 aromatic carbocycles. The third kappa shape index (κ3) is 9.20. The second-order valence-corrected chi connectivity index (χ2v) is 12.1. The quantitative estimate of drug-likeness (QED) is 0.355. The Balaban J connectivity index is 2.23. The fraction of sp³-hybridized carbons (Fsp3) is 0.500. The molecule has 0 saturated heterocycles. The average Bonchev–Trinajstić information content (AvgIpc) is 2.84. The standard InChI is InChI=1S/C28H40ClN3O5S/c1-7-25(28(34)30-18-20(2)3)31(19-22-11-8-10-21(4)16-22)27(33)12-9-15-32(38(6,35)36)23-13-14-26(37-5)24(29)17-23/h8,10-11,13-14,16-17,20,25H,7,9,12,15,18-19H2,1-6H3,(H,30,34). The fourth-order valence-electron chi connectivity index (χ4n) is 4.16. The molecule has 38 heavy (non-hydrogen) atoms. The van der Waals surface area contributed by atoms with Crippen LogP contribution in [0.25, 0.3) is 0 Å². The van der Waals surface area contributed by atoms with Gasteiger partial charge in [-0.25, -0.2) is 8.42 Å². The van der Waals surface area contributed by atoms with Crippen LogP contribution in [0.4, 0.5) is 5.69 Å². The van der Waals surface area contributed by atoms with Crippen molar-refractivity contribution >= 4 is 39.1 Å². The van der Waals surface area contributed by atoms with Crippen LogP contribution in [0.1, 0.15) is 51.2 Å². The summed E-state index contributed by atoms with van der Waals surface area (Å²) in [6, 6.07) is 12.0. The molecule has 1 atom stereocenters. The molecule has 2 rings (SSSR count). The highest BCUT2D eigenvalue weighted by molar-refractivity contribution is 7.92. The van der Waals surface area contributed by atoms with Crippen LogP contribution >= 0.6 is 11.6 Å². The highest BCUT2D eigenvalue weighted by Crippen LogP contribution is 2.30. The van der Waals surface area contributed by atoms with E-state index in [0.29, 0.717) is 24.4 Å². The van der Waals surface area contributed by atoms with E-state index >= 15 is 0 Å². The lowest BCUT2D eigenvalue weighted by Gasteiger charge is -2.31. The number of hydrogen-bond donors (Lipinski definition) is 1. The Hall–Kier alpha value is -2.78. The zero-order chi connectivity index (χ0) is 28.5. The normalized spacial score (nSPS) is 12.2. The lowest BCUT2D eigenvalue weighted by atomic mass is 10.1. The lowest BCUT2D eigenvalue weighted by Crippen LogP contribution is -2.49. The van der Waals surface area contributed by atoms with Gasteiger partial charge in [-0.15, -0.1) is 0 Å². The smallest absolute Gasteiger partial charge is 0.242 e. The number of aryl methyl sites for hydroxylation is 1. The van der Waals surface area contributed by atoms with Gasteiger partial charge in [0.2, 0.25) is 21.8 Å². The maximum absolute atomic E-state index is 13.5. The Morgan fingerprint density at radius 1 is 1.13 bits per heavy atom. The van der Waals surface area contributed by atoms with Crippen LogP contribution in [0.3, 0.4) is 0 Å². The van der Waals surface area contributed by atoms with Crippen molar-refractivity contribution in [3.8, 4) is 5.75 Å². The number of amides is 2. The molecule has 1 N–H and O–H groups in total. The van der Waals surface area contributed by atoms with Gasteiger partial charge in [0.25, 0.3) is 0 Å². The van der Waals surface area contributed by atoms with Gasteiger partial charge in [-0.2, -0.15) is 0 Å². The van der Waals surface area contributed by atoms with Gasteiger partial charge in [0, 0.05) is 26.1 Å². The number of carbonyl (C=O) groups excluding carboxylic acids is 2. The summed E-state index contributed by atoms with van der Waals surface area (Å²) >= 11 is 6.22. The minimum Gasteiger partial charge on any atom is -0.495 e. The van der Waals surface area contributed by atoms with Gasteiger partial charge in [0.15, 0.2) is 0 Å². The summed E-state index contributed by atoms with van der Waals surface area (Å²) in [6.45, 7) is 8.79. The van der Waals surface area contributed by atoms with E-state index in [-0.39, 0.29) is 48.7 Å². The summed E-state index contributed by atoms with van der Waals surface area (Å²) in [5.41, 5.74) is 2.38. The largest absolute Gasteiger partial charge is 0.495 e. The molecule has 0 fully saturated rings. The molecular formula is C28H40ClN3O5S. The van der Waals surface area contributed by atoms with E-state index in [0.717, 1.165) is 17.4 Å². The molecule has 0 aliphatic heterocycles. The number of methoxy groups -OCH3 is 1. The number of nitrogens with one attached hydrogen (secondary N) is 1. The summed E-state index contributed by atoms with van der Waals surface area (Å²) in [5.74, 6) is 0.324. The summed E-state index contributed by atoms with van der Waals surface area (Å²) in [7, 11) is -2.15. The van der Waals surface area contributed by atoms with Crippen molar-refractivity contribution in [3.05, 3.63) is 58.6 Å². The van der Waals surface area contributed by atoms with Crippen LogP contribution in [-0.4, -0.2) is 57.6 Å². The van der Waals surface area contributed by atoms with Gasteiger partial charge in [-0.05, 0) is 49.4 Å². The van der Waals surface area contributed by atoms with Gasteiger partial charge in [0.1, 0.15) is 11.8 Å². The summed E-state index contributed by atoms with van der Waals surface area (Å²) in [5, 5.41) is 3.24. The number of benzene rings is 2. The van der Waals surface area contributed by atoms with E-state index in [4.69, 9.17) is 16.3 Å². The summed E-state index contributed by atoms with van der Waals surface area (Å²) in [4.78, 5) is 28.2. The molecule has 210 valence electrons. The van der Waals surface area contributed by atoms with Gasteiger partial charge < -0.3 is 15.0 Å². The first-order valence-electron chi connectivity index (χ1n) is 12.8. The van der Waals surface area contributed by atoms with Gasteiger partial charge in [0.05, 0.1) is 24.1 Å². The molecule has 0 radical (unpaired) electrons. The molecular weight excluding hydrogens is 526 g/mol. The minimum absolute atomic E-state index is 0.0791. The zero-order valence-corrected chi connectivity index (χ0v) is 24.7. The first kappa shape index (κ1) is 31.4. The molecule has 0 bridgehead atoms. The number of rotatable bonds is 14. The maximum Gasteiger partial charge on any atom is 0.242 e. The lowest BCUT2D eigenvalue weighted by molar-refractivity contribution is -0.141. The Bertz CT molecular complexity index is 1200. The zero-order valence-electron chi connectivity index (χ0n) is 23.2. The summed E-state index contributed by atoms with van der Waals surface area (Å²) < 4.78 is 31.5. The van der Waals surface area contributed by atoms with E-state index in [9.17, 15) is 18.0 Å². The van der Waals surface area contributed by atoms with E-state index in [1.54, 1.807) is 17.0 Å². The molecule has 0 aliphatic carbocycles. The number of anilines is 1.